The third kappa shape index (κ3) is 4.37. The summed E-state index contributed by atoms with van der Waals surface area (Å²) in [7, 11) is 0. The molecular formula is C21H18F3N7O. The van der Waals surface area contributed by atoms with Crippen LogP contribution in [0.4, 0.5) is 13.2 Å². The van der Waals surface area contributed by atoms with Crippen molar-refractivity contribution in [2.75, 3.05) is 13.1 Å². The first-order valence-electron chi connectivity index (χ1n) is 10.0. The van der Waals surface area contributed by atoms with Crippen molar-refractivity contribution in [2.24, 2.45) is 0 Å². The molecule has 11 heteroatoms. The summed E-state index contributed by atoms with van der Waals surface area (Å²) < 4.78 is 45.8. The van der Waals surface area contributed by atoms with Gasteiger partial charge >= 0.3 is 6.43 Å². The molecule has 4 aromatic rings. The van der Waals surface area contributed by atoms with Crippen molar-refractivity contribution >= 4 is 0 Å². The lowest BCUT2D eigenvalue weighted by Gasteiger charge is -2.30. The normalized spacial score (nSPS) is 14.1. The molecule has 0 spiro atoms. The molecule has 3 aromatic heterocycles. The first-order valence-corrected chi connectivity index (χ1v) is 10.0. The number of hydrogen-bond donors (Lipinski definition) is 0. The van der Waals surface area contributed by atoms with Gasteiger partial charge in [0.2, 0.25) is 5.89 Å². The highest BCUT2D eigenvalue weighted by Gasteiger charge is 2.18. The number of aromatic nitrogens is 6. The molecule has 1 saturated heterocycles. The van der Waals surface area contributed by atoms with Crippen molar-refractivity contribution in [3.8, 4) is 22.7 Å². The van der Waals surface area contributed by atoms with Crippen LogP contribution in [0.1, 0.15) is 30.0 Å². The van der Waals surface area contributed by atoms with E-state index in [1.165, 1.54) is 18.7 Å². The Morgan fingerprint density at radius 3 is 2.56 bits per heavy atom. The Balaban J connectivity index is 1.29. The van der Waals surface area contributed by atoms with Gasteiger partial charge in [-0.1, -0.05) is 5.21 Å². The monoisotopic (exact) mass is 441 g/mol. The third-order valence-electron chi connectivity index (χ3n) is 5.17. The smallest absolute Gasteiger partial charge is 0.314 e. The van der Waals surface area contributed by atoms with Gasteiger partial charge in [-0.15, -0.1) is 15.3 Å². The lowest BCUT2D eigenvalue weighted by molar-refractivity contribution is 0.116. The summed E-state index contributed by atoms with van der Waals surface area (Å²) in [6.07, 6.45) is 1.54. The van der Waals surface area contributed by atoms with Gasteiger partial charge in [0.05, 0.1) is 24.0 Å². The molecule has 8 nitrogen and oxygen atoms in total. The predicted octanol–water partition coefficient (Wildman–Crippen LogP) is 3.72. The summed E-state index contributed by atoms with van der Waals surface area (Å²) in [4.78, 5) is 6.55. The average Bonchev–Trinajstić information content (AvgIpc) is 3.41. The maximum absolute atomic E-state index is 14.1. The molecular weight excluding hydrogens is 423 g/mol. The molecule has 32 heavy (non-hydrogen) atoms. The molecule has 0 unspecified atom stereocenters. The fourth-order valence-corrected chi connectivity index (χ4v) is 3.45. The Morgan fingerprint density at radius 1 is 1.00 bits per heavy atom. The molecule has 0 aliphatic carbocycles. The van der Waals surface area contributed by atoms with Crippen LogP contribution in [0.2, 0.25) is 0 Å². The zero-order chi connectivity index (χ0) is 22.1. The van der Waals surface area contributed by atoms with Crippen LogP contribution in [0.25, 0.3) is 22.7 Å². The van der Waals surface area contributed by atoms with E-state index < -0.39 is 12.3 Å². The molecule has 0 saturated carbocycles. The highest BCUT2D eigenvalue weighted by atomic mass is 19.3. The van der Waals surface area contributed by atoms with Gasteiger partial charge in [-0.2, -0.15) is 8.78 Å². The molecule has 1 aliphatic rings. The second-order valence-corrected chi connectivity index (χ2v) is 7.56. The molecule has 5 rings (SSSR count). The van der Waals surface area contributed by atoms with E-state index in [9.17, 15) is 13.2 Å². The van der Waals surface area contributed by atoms with E-state index in [0.29, 0.717) is 35.6 Å². The average molecular weight is 441 g/mol. The highest BCUT2D eigenvalue weighted by molar-refractivity contribution is 5.59. The fraction of sp³-hybridized carbons (Fsp3) is 0.286. The zero-order valence-electron chi connectivity index (χ0n) is 16.8. The van der Waals surface area contributed by atoms with Gasteiger partial charge in [-0.3, -0.25) is 9.88 Å². The van der Waals surface area contributed by atoms with Crippen molar-refractivity contribution in [2.45, 2.75) is 25.9 Å². The quantitative estimate of drug-likeness (QED) is 0.432. The summed E-state index contributed by atoms with van der Waals surface area (Å²) >= 11 is 0. The number of benzene rings is 1. The van der Waals surface area contributed by atoms with Crippen LogP contribution in [-0.4, -0.2) is 48.2 Å². The van der Waals surface area contributed by atoms with E-state index in [2.05, 4.69) is 30.4 Å². The zero-order valence-corrected chi connectivity index (χ0v) is 16.8. The molecule has 0 radical (unpaired) electrons. The van der Waals surface area contributed by atoms with Crippen molar-refractivity contribution in [1.82, 2.24) is 35.1 Å². The van der Waals surface area contributed by atoms with E-state index in [-0.39, 0.29) is 11.7 Å². The van der Waals surface area contributed by atoms with Gasteiger partial charge in [-0.05, 0) is 55.4 Å². The molecule has 0 atom stereocenters. The Bertz CT molecular complexity index is 1220. The standard InChI is InChI=1S/C21H18F3N7O/c22-16-7-13(10-30-4-1-5-30)6-15(8-16)18-12-31(29-26-18)11-17-3-2-14(9-25-17)20-27-28-21(32-20)19(23)24/h2-3,6-9,12,19H,1,4-5,10-11H2. The maximum atomic E-state index is 14.1. The minimum Gasteiger partial charge on any atom is -0.415 e. The molecule has 1 aromatic carbocycles. The van der Waals surface area contributed by atoms with Crippen molar-refractivity contribution < 1.29 is 17.6 Å². The number of hydrogen-bond acceptors (Lipinski definition) is 7. The Kier molecular flexibility index (Phi) is 5.39. The van der Waals surface area contributed by atoms with Crippen LogP contribution < -0.4 is 0 Å². The number of pyridine rings is 1. The predicted molar refractivity (Wildman–Crippen MR) is 107 cm³/mol. The summed E-state index contributed by atoms with van der Waals surface area (Å²) in [5.74, 6) is -1.06. The molecule has 4 heterocycles. The SMILES string of the molecule is Fc1cc(CN2CCC2)cc(-c2cn(Cc3ccc(-c4nnc(C(F)F)o4)cn3)nn2)c1. The second-order valence-electron chi connectivity index (χ2n) is 7.56. The summed E-state index contributed by atoms with van der Waals surface area (Å²) in [5, 5.41) is 15.2. The minimum absolute atomic E-state index is 0.0254. The number of likely N-dealkylation sites (tertiary alicyclic amines) is 1. The Morgan fingerprint density at radius 2 is 1.88 bits per heavy atom. The molecule has 1 aliphatic heterocycles. The minimum atomic E-state index is -2.82. The van der Waals surface area contributed by atoms with Crippen LogP contribution in [0.5, 0.6) is 0 Å². The third-order valence-corrected chi connectivity index (χ3v) is 5.17. The number of nitrogens with zero attached hydrogens (tertiary/aromatic N) is 7. The molecule has 1 fully saturated rings. The lowest BCUT2D eigenvalue weighted by Crippen LogP contribution is -2.36. The summed E-state index contributed by atoms with van der Waals surface area (Å²) in [6, 6.07) is 8.28. The number of alkyl halides is 2. The van der Waals surface area contributed by atoms with Crippen LogP contribution in [0, 0.1) is 5.82 Å². The van der Waals surface area contributed by atoms with Gasteiger partial charge in [0.1, 0.15) is 11.5 Å². The van der Waals surface area contributed by atoms with Gasteiger partial charge in [0, 0.05) is 18.3 Å². The van der Waals surface area contributed by atoms with Crippen molar-refractivity contribution in [3.05, 3.63) is 65.7 Å². The Labute approximate surface area is 180 Å². The van der Waals surface area contributed by atoms with Crippen molar-refractivity contribution in [1.29, 1.82) is 0 Å². The van der Waals surface area contributed by atoms with E-state index in [1.807, 2.05) is 6.07 Å². The van der Waals surface area contributed by atoms with Crippen LogP contribution in [0.3, 0.4) is 0 Å². The second kappa shape index (κ2) is 8.50. The number of halogens is 3. The number of rotatable bonds is 7. The first-order chi connectivity index (χ1) is 15.5. The van der Waals surface area contributed by atoms with E-state index in [0.717, 1.165) is 18.7 Å². The topological polar surface area (TPSA) is 85.8 Å². The first kappa shape index (κ1) is 20.3. The molecule has 0 N–H and O–H groups in total. The van der Waals surface area contributed by atoms with Gasteiger partial charge < -0.3 is 4.42 Å². The summed E-state index contributed by atoms with van der Waals surface area (Å²) in [5.41, 5.74) is 3.23. The molecule has 0 bridgehead atoms. The molecule has 0 amide bonds. The van der Waals surface area contributed by atoms with Crippen molar-refractivity contribution in [3.63, 3.8) is 0 Å². The van der Waals surface area contributed by atoms with Gasteiger partial charge in [-0.25, -0.2) is 9.07 Å². The van der Waals surface area contributed by atoms with Gasteiger partial charge in [0.15, 0.2) is 0 Å². The molecule has 164 valence electrons. The van der Waals surface area contributed by atoms with Gasteiger partial charge in [0.25, 0.3) is 5.89 Å². The fourth-order valence-electron chi connectivity index (χ4n) is 3.45. The highest BCUT2D eigenvalue weighted by Crippen LogP contribution is 2.24. The van der Waals surface area contributed by atoms with Crippen LogP contribution >= 0.6 is 0 Å². The maximum Gasteiger partial charge on any atom is 0.314 e. The summed E-state index contributed by atoms with van der Waals surface area (Å²) in [6.45, 7) is 3.12. The van der Waals surface area contributed by atoms with E-state index >= 15 is 0 Å². The van der Waals surface area contributed by atoms with E-state index in [1.54, 1.807) is 29.1 Å². The van der Waals surface area contributed by atoms with Crippen LogP contribution in [0.15, 0.2) is 47.1 Å². The Hall–Kier alpha value is -3.60. The lowest BCUT2D eigenvalue weighted by atomic mass is 10.1. The largest absolute Gasteiger partial charge is 0.415 e. The van der Waals surface area contributed by atoms with E-state index in [4.69, 9.17) is 4.42 Å². The van der Waals surface area contributed by atoms with Crippen LogP contribution in [-0.2, 0) is 13.1 Å².